The molecular formula is C24H28N4O3. The van der Waals surface area contributed by atoms with E-state index in [-0.39, 0.29) is 12.3 Å². The lowest BCUT2D eigenvalue weighted by Crippen LogP contribution is -2.14. The fourth-order valence-electron chi connectivity index (χ4n) is 4.06. The van der Waals surface area contributed by atoms with Gasteiger partial charge in [-0.15, -0.1) is 0 Å². The van der Waals surface area contributed by atoms with Crippen LogP contribution in [0.15, 0.2) is 40.9 Å². The summed E-state index contributed by atoms with van der Waals surface area (Å²) >= 11 is 0. The Balaban J connectivity index is 1.34. The van der Waals surface area contributed by atoms with Gasteiger partial charge in [-0.25, -0.2) is 4.98 Å². The molecule has 3 heterocycles. The largest absolute Gasteiger partial charge is 0.481 e. The van der Waals surface area contributed by atoms with E-state index in [1.807, 2.05) is 31.2 Å². The number of anilines is 1. The summed E-state index contributed by atoms with van der Waals surface area (Å²) in [5.74, 6) is 1.13. The lowest BCUT2D eigenvalue weighted by molar-refractivity contribution is -0.137. The highest BCUT2D eigenvalue weighted by atomic mass is 16.5. The van der Waals surface area contributed by atoms with Gasteiger partial charge in [-0.2, -0.15) is 4.98 Å². The van der Waals surface area contributed by atoms with E-state index in [4.69, 9.17) is 9.51 Å². The number of hydrogen-bond donors (Lipinski definition) is 2. The number of carboxylic acid groups (broad SMARTS) is 1. The fraction of sp³-hybridized carbons (Fsp3) is 0.417. The van der Waals surface area contributed by atoms with Crippen LogP contribution in [0.4, 0.5) is 5.82 Å². The zero-order valence-electron chi connectivity index (χ0n) is 17.8. The number of hydrogen-bond acceptors (Lipinski definition) is 6. The molecule has 7 heteroatoms. The van der Waals surface area contributed by atoms with Crippen molar-refractivity contribution in [1.82, 2.24) is 15.1 Å². The molecule has 0 bridgehead atoms. The van der Waals surface area contributed by atoms with E-state index in [9.17, 15) is 9.90 Å². The smallest absolute Gasteiger partial charge is 0.303 e. The van der Waals surface area contributed by atoms with Gasteiger partial charge >= 0.3 is 5.97 Å². The van der Waals surface area contributed by atoms with Gasteiger partial charge in [0.25, 0.3) is 0 Å². The number of rotatable bonds is 9. The summed E-state index contributed by atoms with van der Waals surface area (Å²) in [6.45, 7) is 2.99. The molecule has 0 fully saturated rings. The standard InChI is InChI=1S/C24H28N4O3/c1-16-5-2-6-18(13-16)19(15-23(29)30)14-22-27-21(28-31-22)9-3-8-20-11-10-17-7-4-12-25-24(17)26-20/h2,5-6,10-11,13,19H,3-4,7-9,12,14-15H2,1H3,(H,25,26)(H,29,30). The Labute approximate surface area is 181 Å². The predicted octanol–water partition coefficient (Wildman–Crippen LogP) is 4.11. The van der Waals surface area contributed by atoms with E-state index >= 15 is 0 Å². The van der Waals surface area contributed by atoms with Crippen molar-refractivity contribution in [3.05, 3.63) is 70.5 Å². The molecule has 1 unspecified atom stereocenters. The summed E-state index contributed by atoms with van der Waals surface area (Å²) in [6, 6.07) is 12.2. The molecule has 1 aliphatic rings. The third kappa shape index (κ3) is 5.69. The molecule has 3 aromatic rings. The number of aliphatic carboxylic acids is 1. The van der Waals surface area contributed by atoms with Crippen molar-refractivity contribution in [3.63, 3.8) is 0 Å². The predicted molar refractivity (Wildman–Crippen MR) is 117 cm³/mol. The number of aromatic nitrogens is 3. The maximum atomic E-state index is 11.4. The van der Waals surface area contributed by atoms with Gasteiger partial charge in [0.1, 0.15) is 5.82 Å². The maximum absolute atomic E-state index is 11.4. The average Bonchev–Trinajstić information content (AvgIpc) is 3.20. The van der Waals surface area contributed by atoms with Gasteiger partial charge < -0.3 is 14.9 Å². The zero-order chi connectivity index (χ0) is 21.6. The van der Waals surface area contributed by atoms with Gasteiger partial charge in [-0.05, 0) is 49.8 Å². The summed E-state index contributed by atoms with van der Waals surface area (Å²) in [5, 5.41) is 16.8. The first kappa shape index (κ1) is 21.0. The Morgan fingerprint density at radius 2 is 2.13 bits per heavy atom. The SMILES string of the molecule is Cc1cccc(C(CC(=O)O)Cc2nc(CCCc3ccc4c(n3)NCCC4)no2)c1. The van der Waals surface area contributed by atoms with Crippen LogP contribution < -0.4 is 5.32 Å². The Morgan fingerprint density at radius 1 is 1.23 bits per heavy atom. The summed E-state index contributed by atoms with van der Waals surface area (Å²) in [6.07, 6.45) is 5.12. The van der Waals surface area contributed by atoms with E-state index in [0.717, 1.165) is 54.9 Å². The van der Waals surface area contributed by atoms with E-state index < -0.39 is 5.97 Å². The second kappa shape index (κ2) is 9.73. The van der Waals surface area contributed by atoms with E-state index in [1.165, 1.54) is 5.56 Å². The van der Waals surface area contributed by atoms with Gasteiger partial charge in [-0.1, -0.05) is 41.1 Å². The summed E-state index contributed by atoms with van der Waals surface area (Å²) < 4.78 is 5.43. The van der Waals surface area contributed by atoms with Crippen LogP contribution in [0.3, 0.4) is 0 Å². The first-order valence-electron chi connectivity index (χ1n) is 10.9. The minimum atomic E-state index is -0.835. The van der Waals surface area contributed by atoms with Gasteiger partial charge in [-0.3, -0.25) is 4.79 Å². The van der Waals surface area contributed by atoms with Crippen LogP contribution in [0.25, 0.3) is 0 Å². The van der Waals surface area contributed by atoms with Crippen molar-refractivity contribution < 1.29 is 14.4 Å². The van der Waals surface area contributed by atoms with E-state index in [2.05, 4.69) is 27.6 Å². The molecular weight excluding hydrogens is 392 g/mol. The molecule has 1 aromatic carbocycles. The molecule has 0 amide bonds. The van der Waals surface area contributed by atoms with Crippen LogP contribution in [-0.2, 0) is 30.5 Å². The molecule has 31 heavy (non-hydrogen) atoms. The number of carbonyl (C=O) groups is 1. The molecule has 1 aliphatic heterocycles. The molecule has 4 rings (SSSR count). The van der Waals surface area contributed by atoms with Gasteiger partial charge in [0.2, 0.25) is 5.89 Å². The maximum Gasteiger partial charge on any atom is 0.303 e. The van der Waals surface area contributed by atoms with Crippen molar-refractivity contribution in [2.45, 2.75) is 57.8 Å². The van der Waals surface area contributed by atoms with Crippen molar-refractivity contribution in [2.75, 3.05) is 11.9 Å². The average molecular weight is 421 g/mol. The Kier molecular flexibility index (Phi) is 6.60. The number of nitrogens with one attached hydrogen (secondary N) is 1. The Morgan fingerprint density at radius 3 is 2.97 bits per heavy atom. The van der Waals surface area contributed by atoms with Crippen LogP contribution in [0.1, 0.15) is 59.3 Å². The number of carboxylic acids is 1. The minimum absolute atomic E-state index is 0.0270. The summed E-state index contributed by atoms with van der Waals surface area (Å²) in [5.41, 5.74) is 4.44. The highest BCUT2D eigenvalue weighted by Gasteiger charge is 2.20. The van der Waals surface area contributed by atoms with Gasteiger partial charge in [0.05, 0.1) is 6.42 Å². The highest BCUT2D eigenvalue weighted by Crippen LogP contribution is 2.25. The Hall–Kier alpha value is -3.22. The van der Waals surface area contributed by atoms with Crippen molar-refractivity contribution >= 4 is 11.8 Å². The van der Waals surface area contributed by atoms with E-state index in [1.54, 1.807) is 0 Å². The molecule has 0 radical (unpaired) electrons. The Bertz CT molecular complexity index is 1050. The highest BCUT2D eigenvalue weighted by molar-refractivity contribution is 5.68. The quantitative estimate of drug-likeness (QED) is 0.537. The number of fused-ring (bicyclic) bond motifs is 1. The molecule has 0 saturated carbocycles. The number of nitrogens with zero attached hydrogens (tertiary/aromatic N) is 3. The molecule has 0 saturated heterocycles. The van der Waals surface area contributed by atoms with Crippen LogP contribution >= 0.6 is 0 Å². The summed E-state index contributed by atoms with van der Waals surface area (Å²) in [7, 11) is 0. The lowest BCUT2D eigenvalue weighted by atomic mass is 9.91. The first-order chi connectivity index (χ1) is 15.1. The van der Waals surface area contributed by atoms with Crippen molar-refractivity contribution in [1.29, 1.82) is 0 Å². The molecule has 0 aliphatic carbocycles. The topological polar surface area (TPSA) is 101 Å². The molecule has 0 spiro atoms. The third-order valence-corrected chi connectivity index (χ3v) is 5.65. The van der Waals surface area contributed by atoms with Crippen molar-refractivity contribution in [3.8, 4) is 0 Å². The van der Waals surface area contributed by atoms with Crippen LogP contribution in [-0.4, -0.2) is 32.7 Å². The van der Waals surface area contributed by atoms with E-state index in [0.29, 0.717) is 24.6 Å². The second-order valence-electron chi connectivity index (χ2n) is 8.21. The molecule has 1 atom stereocenters. The van der Waals surface area contributed by atoms with Gasteiger partial charge in [0.15, 0.2) is 5.82 Å². The summed E-state index contributed by atoms with van der Waals surface area (Å²) in [4.78, 5) is 20.6. The first-order valence-corrected chi connectivity index (χ1v) is 10.9. The molecule has 2 N–H and O–H groups in total. The lowest BCUT2D eigenvalue weighted by Gasteiger charge is -2.17. The van der Waals surface area contributed by atoms with Crippen molar-refractivity contribution in [2.24, 2.45) is 0 Å². The number of aryl methyl sites for hydroxylation is 4. The minimum Gasteiger partial charge on any atom is -0.481 e. The van der Waals surface area contributed by atoms with Crippen LogP contribution in [0.5, 0.6) is 0 Å². The van der Waals surface area contributed by atoms with Crippen LogP contribution in [0.2, 0.25) is 0 Å². The molecule has 162 valence electrons. The number of pyridine rings is 1. The zero-order valence-corrected chi connectivity index (χ0v) is 17.8. The normalized spacial score (nSPS) is 14.0. The van der Waals surface area contributed by atoms with Crippen LogP contribution in [0, 0.1) is 6.92 Å². The fourth-order valence-corrected chi connectivity index (χ4v) is 4.06. The molecule has 2 aromatic heterocycles. The number of benzene rings is 1. The monoisotopic (exact) mass is 420 g/mol. The third-order valence-electron chi connectivity index (χ3n) is 5.65. The molecule has 7 nitrogen and oxygen atoms in total. The second-order valence-corrected chi connectivity index (χ2v) is 8.21. The van der Waals surface area contributed by atoms with Gasteiger partial charge in [0, 0.05) is 31.0 Å².